The first-order chi connectivity index (χ1) is 9.02. The van der Waals surface area contributed by atoms with Gasteiger partial charge < -0.3 is 9.47 Å². The molecule has 1 saturated carbocycles. The van der Waals surface area contributed by atoms with E-state index in [-0.39, 0.29) is 17.6 Å². The molecule has 0 heterocycles. The summed E-state index contributed by atoms with van der Waals surface area (Å²) >= 11 is 13.2. The van der Waals surface area contributed by atoms with E-state index >= 15 is 0 Å². The van der Waals surface area contributed by atoms with Crippen LogP contribution in [0.15, 0.2) is 12.1 Å². The van der Waals surface area contributed by atoms with Crippen LogP contribution in [0.1, 0.15) is 19.8 Å². The van der Waals surface area contributed by atoms with Crippen LogP contribution >= 0.6 is 79.4 Å². The van der Waals surface area contributed by atoms with Crippen molar-refractivity contribution in [1.29, 1.82) is 0 Å². The van der Waals surface area contributed by atoms with Crippen molar-refractivity contribution in [3.05, 3.63) is 22.8 Å². The minimum absolute atomic E-state index is 0.0208. The van der Waals surface area contributed by atoms with Crippen LogP contribution in [0, 0.1) is 10.7 Å². The second-order valence-electron chi connectivity index (χ2n) is 4.44. The highest BCUT2D eigenvalue weighted by Gasteiger charge is 2.43. The maximum atomic E-state index is 6.21. The highest BCUT2D eigenvalue weighted by Crippen LogP contribution is 2.37. The standard InChI is InChI=1S/C13H14ClI3O2/c1-2-3-18-12-8(14)6-11(12)19-13-9(16)4-7(15)5-10(13)17/h4-5,8,11-12H,2-3,6H2,1H3. The normalized spacial score (nSPS) is 26.1. The van der Waals surface area contributed by atoms with Gasteiger partial charge in [-0.05, 0) is 86.3 Å². The summed E-state index contributed by atoms with van der Waals surface area (Å²) in [5.41, 5.74) is 0. The molecule has 0 spiro atoms. The van der Waals surface area contributed by atoms with Gasteiger partial charge in [0.25, 0.3) is 0 Å². The lowest BCUT2D eigenvalue weighted by Crippen LogP contribution is -2.52. The van der Waals surface area contributed by atoms with Gasteiger partial charge >= 0.3 is 0 Å². The maximum absolute atomic E-state index is 6.21. The summed E-state index contributed by atoms with van der Waals surface area (Å²) < 4.78 is 15.4. The second-order valence-corrected chi connectivity index (χ2v) is 8.57. The third-order valence-electron chi connectivity index (χ3n) is 2.93. The molecule has 2 rings (SSSR count). The topological polar surface area (TPSA) is 18.5 Å². The largest absolute Gasteiger partial charge is 0.485 e. The summed E-state index contributed by atoms with van der Waals surface area (Å²) in [6.45, 7) is 2.84. The first-order valence-corrected chi connectivity index (χ1v) is 9.77. The summed E-state index contributed by atoms with van der Waals surface area (Å²) in [6.07, 6.45) is 1.96. The Hall–Kier alpha value is 1.46. The van der Waals surface area contributed by atoms with Crippen molar-refractivity contribution in [3.8, 4) is 5.75 Å². The molecule has 1 aromatic carbocycles. The summed E-state index contributed by atoms with van der Waals surface area (Å²) in [6, 6.07) is 4.24. The summed E-state index contributed by atoms with van der Waals surface area (Å²) in [4.78, 5) is 0. The Morgan fingerprint density at radius 1 is 1.26 bits per heavy atom. The van der Waals surface area contributed by atoms with Gasteiger partial charge in [0, 0.05) is 16.6 Å². The Morgan fingerprint density at radius 3 is 2.42 bits per heavy atom. The molecular weight excluding hydrogens is 604 g/mol. The molecule has 3 atom stereocenters. The molecule has 0 radical (unpaired) electrons. The molecule has 0 aliphatic heterocycles. The molecule has 0 N–H and O–H groups in total. The van der Waals surface area contributed by atoms with Gasteiger partial charge in [0.1, 0.15) is 18.0 Å². The molecule has 2 nitrogen and oxygen atoms in total. The lowest BCUT2D eigenvalue weighted by molar-refractivity contribution is -0.0803. The molecule has 1 fully saturated rings. The summed E-state index contributed by atoms with van der Waals surface area (Å²) in [5.74, 6) is 0.959. The Morgan fingerprint density at radius 2 is 1.89 bits per heavy atom. The number of halogens is 4. The van der Waals surface area contributed by atoms with Gasteiger partial charge in [-0.2, -0.15) is 0 Å². The Labute approximate surface area is 159 Å². The Kier molecular flexibility index (Phi) is 6.77. The van der Waals surface area contributed by atoms with Gasteiger partial charge in [0.15, 0.2) is 0 Å². The number of rotatable bonds is 5. The van der Waals surface area contributed by atoms with E-state index in [0.717, 1.165) is 32.3 Å². The first kappa shape index (κ1) is 16.8. The van der Waals surface area contributed by atoms with Gasteiger partial charge in [-0.25, -0.2) is 0 Å². The first-order valence-electron chi connectivity index (χ1n) is 6.09. The molecule has 0 aromatic heterocycles. The third-order valence-corrected chi connectivity index (χ3v) is 5.58. The third kappa shape index (κ3) is 4.23. The van der Waals surface area contributed by atoms with Crippen molar-refractivity contribution in [3.63, 3.8) is 0 Å². The zero-order valence-electron chi connectivity index (χ0n) is 10.3. The second kappa shape index (κ2) is 7.64. The number of alkyl halides is 1. The molecule has 106 valence electrons. The van der Waals surface area contributed by atoms with Crippen LogP contribution in [0.5, 0.6) is 5.75 Å². The number of hydrogen-bond acceptors (Lipinski definition) is 2. The fourth-order valence-electron chi connectivity index (χ4n) is 1.90. The number of ether oxygens (including phenoxy) is 2. The van der Waals surface area contributed by atoms with E-state index < -0.39 is 0 Å². The summed E-state index contributed by atoms with van der Waals surface area (Å²) in [7, 11) is 0. The molecule has 0 amide bonds. The molecule has 6 heteroatoms. The molecule has 1 aliphatic rings. The van der Waals surface area contributed by atoms with Crippen molar-refractivity contribution in [2.45, 2.75) is 37.4 Å². The molecule has 19 heavy (non-hydrogen) atoms. The summed E-state index contributed by atoms with van der Waals surface area (Å²) in [5, 5.41) is 0.0794. The minimum Gasteiger partial charge on any atom is -0.485 e. The van der Waals surface area contributed by atoms with Crippen LogP contribution in [0.4, 0.5) is 0 Å². The zero-order chi connectivity index (χ0) is 14.0. The van der Waals surface area contributed by atoms with Crippen molar-refractivity contribution < 1.29 is 9.47 Å². The molecule has 1 aliphatic carbocycles. The molecule has 0 bridgehead atoms. The monoisotopic (exact) mass is 618 g/mol. The van der Waals surface area contributed by atoms with Crippen LogP contribution in [-0.4, -0.2) is 24.2 Å². The van der Waals surface area contributed by atoms with Gasteiger partial charge in [0.05, 0.1) is 12.5 Å². The van der Waals surface area contributed by atoms with Gasteiger partial charge in [-0.1, -0.05) is 6.92 Å². The molecule has 3 unspecified atom stereocenters. The average molecular weight is 618 g/mol. The number of benzene rings is 1. The van der Waals surface area contributed by atoms with Crippen LogP contribution in [-0.2, 0) is 4.74 Å². The highest BCUT2D eigenvalue weighted by atomic mass is 127. The van der Waals surface area contributed by atoms with E-state index in [1.807, 2.05) is 0 Å². The van der Waals surface area contributed by atoms with Crippen LogP contribution in [0.3, 0.4) is 0 Å². The molecule has 1 aromatic rings. The van der Waals surface area contributed by atoms with E-state index in [2.05, 4.69) is 86.8 Å². The average Bonchev–Trinajstić information content (AvgIpc) is 2.32. The van der Waals surface area contributed by atoms with Crippen molar-refractivity contribution in [1.82, 2.24) is 0 Å². The van der Waals surface area contributed by atoms with Crippen LogP contribution in [0.2, 0.25) is 0 Å². The number of hydrogen-bond donors (Lipinski definition) is 0. The molecular formula is C13H14ClI3O2. The van der Waals surface area contributed by atoms with E-state index in [4.69, 9.17) is 21.1 Å². The van der Waals surface area contributed by atoms with E-state index in [0.29, 0.717) is 0 Å². The van der Waals surface area contributed by atoms with Crippen molar-refractivity contribution >= 4 is 79.4 Å². The lowest BCUT2D eigenvalue weighted by Gasteiger charge is -2.40. The Balaban J connectivity index is 2.05. The molecule has 0 saturated heterocycles. The fourth-order valence-corrected chi connectivity index (χ4v) is 6.15. The van der Waals surface area contributed by atoms with Crippen molar-refractivity contribution in [2.24, 2.45) is 0 Å². The lowest BCUT2D eigenvalue weighted by atomic mass is 9.91. The van der Waals surface area contributed by atoms with E-state index in [1.54, 1.807) is 0 Å². The van der Waals surface area contributed by atoms with Gasteiger partial charge in [-0.15, -0.1) is 11.6 Å². The fraction of sp³-hybridized carbons (Fsp3) is 0.538. The maximum Gasteiger partial charge on any atom is 0.146 e. The van der Waals surface area contributed by atoms with Crippen LogP contribution < -0.4 is 4.74 Å². The van der Waals surface area contributed by atoms with E-state index in [1.165, 1.54) is 3.57 Å². The van der Waals surface area contributed by atoms with Gasteiger partial charge in [0.2, 0.25) is 0 Å². The smallest absolute Gasteiger partial charge is 0.146 e. The SMILES string of the molecule is CCCOC1C(Cl)CC1Oc1c(I)cc(I)cc1I. The van der Waals surface area contributed by atoms with E-state index in [9.17, 15) is 0 Å². The van der Waals surface area contributed by atoms with Crippen LogP contribution in [0.25, 0.3) is 0 Å². The van der Waals surface area contributed by atoms with Crippen molar-refractivity contribution in [2.75, 3.05) is 6.61 Å². The predicted octanol–water partition coefficient (Wildman–Crippen LogP) is 5.05. The Bertz CT molecular complexity index is 433. The zero-order valence-corrected chi connectivity index (χ0v) is 17.6. The predicted molar refractivity (Wildman–Crippen MR) is 103 cm³/mol. The van der Waals surface area contributed by atoms with Gasteiger partial charge in [-0.3, -0.25) is 0 Å². The highest BCUT2D eigenvalue weighted by molar-refractivity contribution is 14.1. The minimum atomic E-state index is 0.0208. The quantitative estimate of drug-likeness (QED) is 0.340.